The summed E-state index contributed by atoms with van der Waals surface area (Å²) in [5.74, 6) is 1.95. The quantitative estimate of drug-likeness (QED) is 0.581. The molecule has 6 heteroatoms. The minimum Gasteiger partial charge on any atom is -0.496 e. The number of ether oxygens (including phenoxy) is 2. The highest BCUT2D eigenvalue weighted by Gasteiger charge is 2.21. The van der Waals surface area contributed by atoms with E-state index in [2.05, 4.69) is 9.88 Å². The molecule has 0 aliphatic carbocycles. The second kappa shape index (κ2) is 9.20. The van der Waals surface area contributed by atoms with Crippen molar-refractivity contribution in [2.75, 3.05) is 20.2 Å². The molecule has 4 rings (SSSR count). The molecule has 0 atom stereocenters. The third-order valence-electron chi connectivity index (χ3n) is 5.24. The molecule has 29 heavy (non-hydrogen) atoms. The summed E-state index contributed by atoms with van der Waals surface area (Å²) in [7, 11) is 1.68. The maximum atomic E-state index is 13.1. The van der Waals surface area contributed by atoms with Crippen molar-refractivity contribution in [3.63, 3.8) is 0 Å². The number of methoxy groups -OCH3 is 1. The molecule has 1 aliphatic rings. The van der Waals surface area contributed by atoms with Gasteiger partial charge in [-0.05, 0) is 43.2 Å². The lowest BCUT2D eigenvalue weighted by atomic mass is 10.1. The highest BCUT2D eigenvalue weighted by molar-refractivity contribution is 5.55. The molecule has 0 bridgehead atoms. The summed E-state index contributed by atoms with van der Waals surface area (Å²) in [6.45, 7) is 3.10. The van der Waals surface area contributed by atoms with Crippen molar-refractivity contribution in [3.8, 4) is 17.1 Å². The number of hydrogen-bond acceptors (Lipinski definition) is 5. The Kier molecular flexibility index (Phi) is 6.22. The molecular weight excluding hydrogens is 371 g/mol. The molecule has 0 amide bonds. The number of para-hydroxylation sites is 1. The highest BCUT2D eigenvalue weighted by atomic mass is 19.1. The van der Waals surface area contributed by atoms with Crippen LogP contribution in [-0.4, -0.2) is 36.2 Å². The molecule has 0 N–H and O–H groups in total. The molecule has 1 fully saturated rings. The summed E-state index contributed by atoms with van der Waals surface area (Å²) in [6.07, 6.45) is 3.89. The molecule has 0 unspecified atom stereocenters. The first-order chi connectivity index (χ1) is 14.2. The fourth-order valence-electron chi connectivity index (χ4n) is 3.59. The predicted octanol–water partition coefficient (Wildman–Crippen LogP) is 4.67. The summed E-state index contributed by atoms with van der Waals surface area (Å²) in [4.78, 5) is 6.70. The summed E-state index contributed by atoms with van der Waals surface area (Å²) < 4.78 is 30.4. The maximum Gasteiger partial charge on any atom is 0.209 e. The molecule has 0 radical (unpaired) electrons. The van der Waals surface area contributed by atoms with E-state index in [4.69, 9.17) is 13.9 Å². The molecule has 2 aromatic carbocycles. The molecule has 152 valence electrons. The van der Waals surface area contributed by atoms with Gasteiger partial charge in [0.05, 0.1) is 32.6 Å². The molecule has 0 spiro atoms. The van der Waals surface area contributed by atoms with Crippen molar-refractivity contribution < 1.29 is 18.3 Å². The number of likely N-dealkylation sites (tertiary alicyclic amines) is 1. The van der Waals surface area contributed by atoms with E-state index in [0.717, 1.165) is 42.8 Å². The van der Waals surface area contributed by atoms with E-state index in [9.17, 15) is 4.39 Å². The smallest absolute Gasteiger partial charge is 0.209 e. The number of benzene rings is 2. The SMILES string of the molecule is COc1ccccc1COC1CCN(Cc2ncc(-c3ccc(F)cc3)o2)CC1. The van der Waals surface area contributed by atoms with E-state index in [-0.39, 0.29) is 11.9 Å². The zero-order chi connectivity index (χ0) is 20.1. The van der Waals surface area contributed by atoms with E-state index < -0.39 is 0 Å². The van der Waals surface area contributed by atoms with Crippen LogP contribution in [-0.2, 0) is 17.9 Å². The normalized spacial score (nSPS) is 15.5. The summed E-state index contributed by atoms with van der Waals surface area (Å²) >= 11 is 0. The molecule has 2 heterocycles. The van der Waals surface area contributed by atoms with Gasteiger partial charge in [-0.3, -0.25) is 4.90 Å². The van der Waals surface area contributed by atoms with Crippen LogP contribution in [0, 0.1) is 5.82 Å². The zero-order valence-corrected chi connectivity index (χ0v) is 16.5. The average Bonchev–Trinajstić information content (AvgIpc) is 3.22. The Morgan fingerprint density at radius 2 is 1.86 bits per heavy atom. The lowest BCUT2D eigenvalue weighted by Crippen LogP contribution is -2.36. The zero-order valence-electron chi connectivity index (χ0n) is 16.5. The second-order valence-corrected chi connectivity index (χ2v) is 7.22. The van der Waals surface area contributed by atoms with Crippen molar-refractivity contribution in [2.45, 2.75) is 32.1 Å². The predicted molar refractivity (Wildman–Crippen MR) is 108 cm³/mol. The molecule has 1 aromatic heterocycles. The minimum atomic E-state index is -0.260. The fraction of sp³-hybridized carbons (Fsp3) is 0.348. The van der Waals surface area contributed by atoms with Gasteiger partial charge >= 0.3 is 0 Å². The van der Waals surface area contributed by atoms with E-state index in [1.54, 1.807) is 25.4 Å². The summed E-state index contributed by atoms with van der Waals surface area (Å²) in [5, 5.41) is 0. The number of piperidine rings is 1. The third kappa shape index (κ3) is 5.02. The Balaban J connectivity index is 1.25. The van der Waals surface area contributed by atoms with E-state index in [1.807, 2.05) is 24.3 Å². The molecule has 1 aliphatic heterocycles. The van der Waals surface area contributed by atoms with E-state index in [0.29, 0.717) is 24.8 Å². The molecule has 1 saturated heterocycles. The van der Waals surface area contributed by atoms with Gasteiger partial charge in [0.15, 0.2) is 5.76 Å². The van der Waals surface area contributed by atoms with Gasteiger partial charge in [0.2, 0.25) is 5.89 Å². The maximum absolute atomic E-state index is 13.1. The van der Waals surface area contributed by atoms with Crippen LogP contribution < -0.4 is 4.74 Å². The number of rotatable bonds is 7. The third-order valence-corrected chi connectivity index (χ3v) is 5.24. The van der Waals surface area contributed by atoms with Gasteiger partial charge < -0.3 is 13.9 Å². The first kappa shape index (κ1) is 19.6. The monoisotopic (exact) mass is 396 g/mol. The molecular formula is C23H25FN2O3. The number of oxazole rings is 1. The van der Waals surface area contributed by atoms with Gasteiger partial charge in [0.1, 0.15) is 11.6 Å². The van der Waals surface area contributed by atoms with Crippen LogP contribution in [0.2, 0.25) is 0 Å². The number of halogens is 1. The van der Waals surface area contributed by atoms with E-state index in [1.165, 1.54) is 12.1 Å². The van der Waals surface area contributed by atoms with Crippen molar-refractivity contribution in [3.05, 3.63) is 72.0 Å². The van der Waals surface area contributed by atoms with Crippen molar-refractivity contribution in [2.24, 2.45) is 0 Å². The van der Waals surface area contributed by atoms with Crippen LogP contribution >= 0.6 is 0 Å². The van der Waals surface area contributed by atoms with Gasteiger partial charge in [-0.25, -0.2) is 9.37 Å². The lowest BCUT2D eigenvalue weighted by Gasteiger charge is -2.31. The average molecular weight is 396 g/mol. The van der Waals surface area contributed by atoms with Crippen LogP contribution in [0.25, 0.3) is 11.3 Å². The standard InChI is InChI=1S/C23H25FN2O3/c1-27-21-5-3-2-4-18(21)16-28-20-10-12-26(13-11-20)15-23-25-14-22(29-23)17-6-8-19(24)9-7-17/h2-9,14,20H,10-13,15-16H2,1H3. The number of hydrogen-bond donors (Lipinski definition) is 0. The number of aromatic nitrogens is 1. The molecule has 0 saturated carbocycles. The number of nitrogens with zero attached hydrogens (tertiary/aromatic N) is 2. The fourth-order valence-corrected chi connectivity index (χ4v) is 3.59. The largest absolute Gasteiger partial charge is 0.496 e. The second-order valence-electron chi connectivity index (χ2n) is 7.22. The Labute approximate surface area is 170 Å². The van der Waals surface area contributed by atoms with Crippen molar-refractivity contribution in [1.29, 1.82) is 0 Å². The summed E-state index contributed by atoms with van der Waals surface area (Å²) in [5.41, 5.74) is 1.90. The lowest BCUT2D eigenvalue weighted by molar-refractivity contribution is -0.00585. The summed E-state index contributed by atoms with van der Waals surface area (Å²) in [6, 6.07) is 14.2. The van der Waals surface area contributed by atoms with Gasteiger partial charge in [-0.1, -0.05) is 18.2 Å². The molecule has 3 aromatic rings. The Hall–Kier alpha value is -2.70. The van der Waals surface area contributed by atoms with E-state index >= 15 is 0 Å². The minimum absolute atomic E-state index is 0.246. The van der Waals surface area contributed by atoms with Crippen LogP contribution in [0.4, 0.5) is 4.39 Å². The van der Waals surface area contributed by atoms with Crippen LogP contribution in [0.15, 0.2) is 59.1 Å². The van der Waals surface area contributed by atoms with Gasteiger partial charge in [0, 0.05) is 24.2 Å². The van der Waals surface area contributed by atoms with Crippen molar-refractivity contribution >= 4 is 0 Å². The Morgan fingerprint density at radius 1 is 1.10 bits per heavy atom. The van der Waals surface area contributed by atoms with Gasteiger partial charge in [-0.15, -0.1) is 0 Å². The first-order valence-electron chi connectivity index (χ1n) is 9.88. The molecule has 5 nitrogen and oxygen atoms in total. The van der Waals surface area contributed by atoms with Crippen molar-refractivity contribution in [1.82, 2.24) is 9.88 Å². The van der Waals surface area contributed by atoms with Crippen LogP contribution in [0.3, 0.4) is 0 Å². The van der Waals surface area contributed by atoms with Crippen LogP contribution in [0.1, 0.15) is 24.3 Å². The van der Waals surface area contributed by atoms with Gasteiger partial charge in [0.25, 0.3) is 0 Å². The highest BCUT2D eigenvalue weighted by Crippen LogP contribution is 2.24. The topological polar surface area (TPSA) is 47.7 Å². The Bertz CT molecular complexity index is 918. The Morgan fingerprint density at radius 3 is 2.62 bits per heavy atom. The first-order valence-corrected chi connectivity index (χ1v) is 9.88. The van der Waals surface area contributed by atoms with Gasteiger partial charge in [-0.2, -0.15) is 0 Å². The van der Waals surface area contributed by atoms with Crippen LogP contribution in [0.5, 0.6) is 5.75 Å².